The van der Waals surface area contributed by atoms with Crippen molar-refractivity contribution in [2.24, 2.45) is 0 Å². The third kappa shape index (κ3) is 2.58. The van der Waals surface area contributed by atoms with Crippen molar-refractivity contribution in [3.8, 4) is 11.5 Å². The van der Waals surface area contributed by atoms with Gasteiger partial charge in [0, 0.05) is 11.5 Å². The topological polar surface area (TPSA) is 42.6 Å². The molecule has 96 valence electrons. The number of halogens is 1. The number of hydrogen-bond acceptors (Lipinski definition) is 3. The van der Waals surface area contributed by atoms with Crippen LogP contribution in [0.25, 0.3) is 11.0 Å². The molecule has 3 aromatic rings. The highest BCUT2D eigenvalue weighted by atomic mass is 79.9. The summed E-state index contributed by atoms with van der Waals surface area (Å²) in [5, 5.41) is 10.3. The molecule has 0 bridgehead atoms. The van der Waals surface area contributed by atoms with Gasteiger partial charge in [0.2, 0.25) is 0 Å². The minimum absolute atomic E-state index is 0.195. The van der Waals surface area contributed by atoms with E-state index in [0.29, 0.717) is 12.2 Å². The fourth-order valence-electron chi connectivity index (χ4n) is 1.86. The van der Waals surface area contributed by atoms with Crippen LogP contribution in [0.15, 0.2) is 57.4 Å². The van der Waals surface area contributed by atoms with Crippen molar-refractivity contribution in [1.29, 1.82) is 0 Å². The molecule has 0 radical (unpaired) electrons. The van der Waals surface area contributed by atoms with Gasteiger partial charge in [0.25, 0.3) is 0 Å². The van der Waals surface area contributed by atoms with Crippen molar-refractivity contribution < 1.29 is 14.3 Å². The van der Waals surface area contributed by atoms with E-state index in [9.17, 15) is 5.11 Å². The smallest absolute Gasteiger partial charge is 0.146 e. The van der Waals surface area contributed by atoms with E-state index in [4.69, 9.17) is 9.15 Å². The molecule has 0 unspecified atom stereocenters. The largest absolute Gasteiger partial charge is 0.508 e. The highest BCUT2D eigenvalue weighted by molar-refractivity contribution is 9.10. The van der Waals surface area contributed by atoms with Crippen LogP contribution in [0.3, 0.4) is 0 Å². The second-order valence-corrected chi connectivity index (χ2v) is 5.01. The Balaban J connectivity index is 1.80. The number of aromatic hydroxyl groups is 1. The second-order valence-electron chi connectivity index (χ2n) is 4.15. The predicted octanol–water partition coefficient (Wildman–Crippen LogP) is 4.48. The van der Waals surface area contributed by atoms with Crippen molar-refractivity contribution in [2.45, 2.75) is 6.61 Å². The number of phenols is 1. The molecule has 0 fully saturated rings. The number of fused-ring (bicyclic) bond motifs is 1. The van der Waals surface area contributed by atoms with Crippen LogP contribution in [0.5, 0.6) is 11.5 Å². The van der Waals surface area contributed by atoms with Gasteiger partial charge in [-0.3, -0.25) is 0 Å². The Morgan fingerprint density at radius 2 is 1.95 bits per heavy atom. The van der Waals surface area contributed by atoms with Gasteiger partial charge in [0.15, 0.2) is 0 Å². The average Bonchev–Trinajstić information content (AvgIpc) is 2.79. The summed E-state index contributed by atoms with van der Waals surface area (Å²) < 4.78 is 12.2. The highest BCUT2D eigenvalue weighted by Gasteiger charge is 2.06. The van der Waals surface area contributed by atoms with Crippen LogP contribution < -0.4 is 4.74 Å². The first-order valence-corrected chi connectivity index (χ1v) is 6.60. The Morgan fingerprint density at radius 3 is 2.79 bits per heavy atom. The Hall–Kier alpha value is -1.94. The van der Waals surface area contributed by atoms with Gasteiger partial charge in [0.1, 0.15) is 29.4 Å². The van der Waals surface area contributed by atoms with E-state index in [-0.39, 0.29) is 5.75 Å². The molecule has 4 heteroatoms. The van der Waals surface area contributed by atoms with E-state index < -0.39 is 0 Å². The summed E-state index contributed by atoms with van der Waals surface area (Å²) in [6, 6.07) is 14.6. The summed E-state index contributed by atoms with van der Waals surface area (Å²) in [5.41, 5.74) is 0.658. The Bertz CT molecular complexity index is 718. The number of rotatable bonds is 3. The zero-order chi connectivity index (χ0) is 13.2. The van der Waals surface area contributed by atoms with E-state index in [2.05, 4.69) is 15.9 Å². The molecule has 0 spiro atoms. The fraction of sp³-hybridized carbons (Fsp3) is 0.0667. The molecule has 3 rings (SSSR count). The third-order valence-corrected chi connectivity index (χ3v) is 3.42. The summed E-state index contributed by atoms with van der Waals surface area (Å²) in [5.74, 6) is 1.68. The predicted molar refractivity (Wildman–Crippen MR) is 76.4 cm³/mol. The zero-order valence-corrected chi connectivity index (χ0v) is 11.6. The normalized spacial score (nSPS) is 10.8. The number of phenolic OH excluding ortho intramolecular Hbond substituents is 1. The summed E-state index contributed by atoms with van der Waals surface area (Å²) >= 11 is 3.43. The van der Waals surface area contributed by atoms with Crippen molar-refractivity contribution in [2.75, 3.05) is 0 Å². The highest BCUT2D eigenvalue weighted by Crippen LogP contribution is 2.27. The average molecular weight is 319 g/mol. The van der Waals surface area contributed by atoms with E-state index in [1.165, 1.54) is 0 Å². The first kappa shape index (κ1) is 12.1. The number of benzene rings is 2. The molecule has 0 atom stereocenters. The molecule has 0 aliphatic carbocycles. The number of ether oxygens (including phenoxy) is 1. The van der Waals surface area contributed by atoms with Crippen molar-refractivity contribution >= 4 is 26.9 Å². The minimum atomic E-state index is 0.195. The molecule has 1 aromatic heterocycles. The van der Waals surface area contributed by atoms with Crippen LogP contribution in [0.4, 0.5) is 0 Å². The second kappa shape index (κ2) is 4.97. The van der Waals surface area contributed by atoms with Crippen LogP contribution in [-0.4, -0.2) is 5.11 Å². The monoisotopic (exact) mass is 318 g/mol. The summed E-state index contributed by atoms with van der Waals surface area (Å²) in [6.07, 6.45) is 0. The Kier molecular flexibility index (Phi) is 3.17. The molecule has 1 N–H and O–H groups in total. The van der Waals surface area contributed by atoms with E-state index in [1.807, 2.05) is 36.4 Å². The van der Waals surface area contributed by atoms with Crippen LogP contribution in [0, 0.1) is 0 Å². The molecule has 0 aliphatic rings. The third-order valence-electron chi connectivity index (χ3n) is 2.76. The zero-order valence-electron chi connectivity index (χ0n) is 9.97. The first-order valence-electron chi connectivity index (χ1n) is 5.81. The van der Waals surface area contributed by atoms with Crippen molar-refractivity contribution in [3.63, 3.8) is 0 Å². The molecule has 3 nitrogen and oxygen atoms in total. The molecule has 19 heavy (non-hydrogen) atoms. The molecule has 2 aromatic carbocycles. The molecule has 0 amide bonds. The molecule has 1 heterocycles. The SMILES string of the molecule is Oc1ccc2cc(COc3ccccc3Br)oc2c1. The van der Waals surface area contributed by atoms with E-state index in [0.717, 1.165) is 21.4 Å². The van der Waals surface area contributed by atoms with E-state index in [1.54, 1.807) is 12.1 Å². The van der Waals surface area contributed by atoms with E-state index >= 15 is 0 Å². The molecule has 0 aliphatic heterocycles. The molecular weight excluding hydrogens is 308 g/mol. The molecular formula is C15H11BrO3. The van der Waals surface area contributed by atoms with Crippen molar-refractivity contribution in [3.05, 3.63) is 58.8 Å². The standard InChI is InChI=1S/C15H11BrO3/c16-13-3-1-2-4-14(13)18-9-12-7-10-5-6-11(17)8-15(10)19-12/h1-8,17H,9H2. The van der Waals surface area contributed by atoms with Crippen molar-refractivity contribution in [1.82, 2.24) is 0 Å². The van der Waals surface area contributed by atoms with Gasteiger partial charge in [-0.1, -0.05) is 12.1 Å². The number of para-hydroxylation sites is 1. The minimum Gasteiger partial charge on any atom is -0.508 e. The van der Waals surface area contributed by atoms with Gasteiger partial charge in [0.05, 0.1) is 4.47 Å². The maximum Gasteiger partial charge on any atom is 0.146 e. The van der Waals surface area contributed by atoms with Crippen LogP contribution in [0.2, 0.25) is 0 Å². The molecule has 0 saturated heterocycles. The van der Waals surface area contributed by atoms with Gasteiger partial charge in [-0.15, -0.1) is 0 Å². The lowest BCUT2D eigenvalue weighted by Crippen LogP contribution is -1.93. The maximum absolute atomic E-state index is 9.39. The van der Waals surface area contributed by atoms with Gasteiger partial charge < -0.3 is 14.3 Å². The lowest BCUT2D eigenvalue weighted by molar-refractivity contribution is 0.273. The van der Waals surface area contributed by atoms with Gasteiger partial charge in [-0.05, 0) is 46.3 Å². The first-order chi connectivity index (χ1) is 9.22. The van der Waals surface area contributed by atoms with Gasteiger partial charge >= 0.3 is 0 Å². The van der Waals surface area contributed by atoms with Gasteiger partial charge in [-0.2, -0.15) is 0 Å². The maximum atomic E-state index is 9.39. The summed E-state index contributed by atoms with van der Waals surface area (Å²) in [6.45, 7) is 0.345. The van der Waals surface area contributed by atoms with Crippen LogP contribution in [-0.2, 0) is 6.61 Å². The summed E-state index contributed by atoms with van der Waals surface area (Å²) in [7, 11) is 0. The quantitative estimate of drug-likeness (QED) is 0.774. The lowest BCUT2D eigenvalue weighted by Gasteiger charge is -2.05. The number of hydrogen-bond donors (Lipinski definition) is 1. The number of furan rings is 1. The van der Waals surface area contributed by atoms with Gasteiger partial charge in [-0.25, -0.2) is 0 Å². The van der Waals surface area contributed by atoms with Crippen LogP contribution >= 0.6 is 15.9 Å². The lowest BCUT2D eigenvalue weighted by atomic mass is 10.2. The fourth-order valence-corrected chi connectivity index (χ4v) is 2.26. The Morgan fingerprint density at radius 1 is 1.11 bits per heavy atom. The Labute approximate surface area is 118 Å². The van der Waals surface area contributed by atoms with Crippen LogP contribution in [0.1, 0.15) is 5.76 Å². The molecule has 0 saturated carbocycles. The summed E-state index contributed by atoms with van der Waals surface area (Å²) in [4.78, 5) is 0.